The Morgan fingerprint density at radius 1 is 1.62 bits per heavy atom. The molecule has 0 spiro atoms. The molecule has 1 nitrogen and oxygen atoms in total. The van der Waals surface area contributed by atoms with Crippen LogP contribution >= 0.6 is 11.8 Å². The first-order valence-corrected chi connectivity index (χ1v) is 5.05. The highest BCUT2D eigenvalue weighted by Crippen LogP contribution is 2.14. The van der Waals surface area contributed by atoms with E-state index in [-0.39, 0.29) is 5.12 Å². The number of carbonyl (C=O) groups excluding carboxylic acids is 1. The van der Waals surface area contributed by atoms with Gasteiger partial charge in [0.05, 0.1) is 0 Å². The van der Waals surface area contributed by atoms with Gasteiger partial charge in [0.2, 0.25) is 0 Å². The zero-order valence-corrected chi connectivity index (χ0v) is 8.43. The van der Waals surface area contributed by atoms with E-state index < -0.39 is 0 Å². The van der Waals surface area contributed by atoms with Gasteiger partial charge in [-0.3, -0.25) is 4.79 Å². The number of hydrogen-bond acceptors (Lipinski definition) is 2. The molecule has 0 amide bonds. The Morgan fingerprint density at radius 3 is 3.00 bits per heavy atom. The van der Waals surface area contributed by atoms with Crippen molar-refractivity contribution in [3.8, 4) is 0 Å². The van der Waals surface area contributed by atoms with Gasteiger partial charge in [0.25, 0.3) is 0 Å². The molecule has 0 N–H and O–H groups in total. The van der Waals surface area contributed by atoms with Crippen molar-refractivity contribution in [3.05, 3.63) is 42.0 Å². The molecule has 0 aliphatic heterocycles. The van der Waals surface area contributed by atoms with E-state index in [0.717, 1.165) is 16.9 Å². The van der Waals surface area contributed by atoms with Crippen LogP contribution in [0.1, 0.15) is 18.1 Å². The summed E-state index contributed by atoms with van der Waals surface area (Å²) in [6, 6.07) is 8.04. The van der Waals surface area contributed by atoms with Gasteiger partial charge in [-0.2, -0.15) is 0 Å². The lowest BCUT2D eigenvalue weighted by atomic mass is 10.1. The topological polar surface area (TPSA) is 17.1 Å². The molecular weight excluding hydrogens is 180 g/mol. The highest BCUT2D eigenvalue weighted by molar-refractivity contribution is 8.12. The molecule has 68 valence electrons. The predicted octanol–water partition coefficient (Wildman–Crippen LogP) is 3.11. The van der Waals surface area contributed by atoms with Gasteiger partial charge in [-0.15, -0.1) is 0 Å². The van der Waals surface area contributed by atoms with Gasteiger partial charge in [-0.05, 0) is 11.1 Å². The second kappa shape index (κ2) is 4.87. The van der Waals surface area contributed by atoms with Gasteiger partial charge >= 0.3 is 0 Å². The zero-order valence-electron chi connectivity index (χ0n) is 7.62. The molecule has 1 aromatic carbocycles. The molecule has 0 bridgehead atoms. The van der Waals surface area contributed by atoms with Crippen LogP contribution in [0.3, 0.4) is 0 Å². The van der Waals surface area contributed by atoms with Crippen LogP contribution in [-0.2, 0) is 10.5 Å². The minimum absolute atomic E-state index is 0.156. The van der Waals surface area contributed by atoms with Crippen LogP contribution in [0.25, 0.3) is 6.08 Å². The molecule has 0 atom stereocenters. The number of benzene rings is 1. The first kappa shape index (κ1) is 10.1. The van der Waals surface area contributed by atoms with Crippen molar-refractivity contribution in [2.45, 2.75) is 12.7 Å². The van der Waals surface area contributed by atoms with Crippen molar-refractivity contribution in [2.24, 2.45) is 0 Å². The molecule has 0 aromatic heterocycles. The first-order chi connectivity index (χ1) is 6.22. The summed E-state index contributed by atoms with van der Waals surface area (Å²) in [5.41, 5.74) is 2.26. The summed E-state index contributed by atoms with van der Waals surface area (Å²) in [5, 5.41) is 0.156. The number of carbonyl (C=O) groups is 1. The molecule has 0 saturated heterocycles. The smallest absolute Gasteiger partial charge is 0.186 e. The standard InChI is InChI=1S/C11H12OS/c1-3-10-5-4-6-11(7-10)8-13-9(2)12/h3-7H,1,8H2,2H3. The summed E-state index contributed by atoms with van der Waals surface area (Å²) < 4.78 is 0. The molecule has 0 fully saturated rings. The van der Waals surface area contributed by atoms with Crippen LogP contribution in [0.4, 0.5) is 0 Å². The monoisotopic (exact) mass is 192 g/mol. The van der Waals surface area contributed by atoms with Crippen molar-refractivity contribution in [2.75, 3.05) is 0 Å². The van der Waals surface area contributed by atoms with Gasteiger partial charge in [-0.1, -0.05) is 48.7 Å². The van der Waals surface area contributed by atoms with Crippen molar-refractivity contribution >= 4 is 23.0 Å². The quantitative estimate of drug-likeness (QED) is 0.732. The number of thioether (sulfide) groups is 1. The van der Waals surface area contributed by atoms with Crippen molar-refractivity contribution in [1.82, 2.24) is 0 Å². The fourth-order valence-electron chi connectivity index (χ4n) is 0.995. The second-order valence-corrected chi connectivity index (χ2v) is 3.88. The van der Waals surface area contributed by atoms with Gasteiger partial charge in [0.15, 0.2) is 5.12 Å². The molecule has 0 heterocycles. The first-order valence-electron chi connectivity index (χ1n) is 4.07. The third kappa shape index (κ3) is 3.47. The van der Waals surface area contributed by atoms with E-state index in [4.69, 9.17) is 0 Å². The van der Waals surface area contributed by atoms with Crippen molar-refractivity contribution in [1.29, 1.82) is 0 Å². The maximum atomic E-state index is 10.7. The maximum absolute atomic E-state index is 10.7. The average Bonchev–Trinajstić information content (AvgIpc) is 2.15. The lowest BCUT2D eigenvalue weighted by molar-refractivity contribution is -0.109. The number of hydrogen-bond donors (Lipinski definition) is 0. The van der Waals surface area contributed by atoms with E-state index in [9.17, 15) is 4.79 Å². The predicted molar refractivity (Wildman–Crippen MR) is 58.5 cm³/mol. The molecule has 0 saturated carbocycles. The Labute approximate surface area is 82.9 Å². The maximum Gasteiger partial charge on any atom is 0.186 e. The third-order valence-corrected chi connectivity index (χ3v) is 2.51. The van der Waals surface area contributed by atoms with Gasteiger partial charge < -0.3 is 0 Å². The van der Waals surface area contributed by atoms with Gasteiger partial charge in [-0.25, -0.2) is 0 Å². The SMILES string of the molecule is C=Cc1cccc(CSC(C)=O)c1. The van der Waals surface area contributed by atoms with Gasteiger partial charge in [0.1, 0.15) is 0 Å². The van der Waals surface area contributed by atoms with Gasteiger partial charge in [0, 0.05) is 12.7 Å². The van der Waals surface area contributed by atoms with Crippen LogP contribution in [0.15, 0.2) is 30.8 Å². The minimum Gasteiger partial charge on any atom is -0.288 e. The lowest BCUT2D eigenvalue weighted by Crippen LogP contribution is -1.85. The van der Waals surface area contributed by atoms with E-state index >= 15 is 0 Å². The highest BCUT2D eigenvalue weighted by atomic mass is 32.2. The second-order valence-electron chi connectivity index (χ2n) is 2.73. The highest BCUT2D eigenvalue weighted by Gasteiger charge is 1.96. The van der Waals surface area contributed by atoms with Crippen LogP contribution in [0, 0.1) is 0 Å². The molecule has 2 heteroatoms. The summed E-state index contributed by atoms with van der Waals surface area (Å²) in [6.45, 7) is 5.28. The Hall–Kier alpha value is -1.02. The largest absolute Gasteiger partial charge is 0.288 e. The fourth-order valence-corrected chi connectivity index (χ4v) is 1.54. The molecule has 0 unspecified atom stereocenters. The van der Waals surface area contributed by atoms with Crippen LogP contribution in [0.5, 0.6) is 0 Å². The lowest BCUT2D eigenvalue weighted by Gasteiger charge is -1.99. The van der Waals surface area contributed by atoms with E-state index in [0.29, 0.717) is 0 Å². The Balaban J connectivity index is 2.66. The summed E-state index contributed by atoms with van der Waals surface area (Å²) in [4.78, 5) is 10.7. The third-order valence-electron chi connectivity index (χ3n) is 1.63. The Morgan fingerprint density at radius 2 is 2.38 bits per heavy atom. The molecule has 13 heavy (non-hydrogen) atoms. The van der Waals surface area contributed by atoms with E-state index in [1.54, 1.807) is 6.92 Å². The summed E-state index contributed by atoms with van der Waals surface area (Å²) in [5.74, 6) is 0.747. The van der Waals surface area contributed by atoms with Crippen LogP contribution < -0.4 is 0 Å². The fraction of sp³-hybridized carbons (Fsp3) is 0.182. The van der Waals surface area contributed by atoms with E-state index in [1.807, 2.05) is 30.3 Å². The van der Waals surface area contributed by atoms with Crippen molar-refractivity contribution < 1.29 is 4.79 Å². The zero-order chi connectivity index (χ0) is 9.68. The molecular formula is C11H12OS. The molecule has 0 radical (unpaired) electrons. The molecule has 0 aliphatic carbocycles. The Bertz CT molecular complexity index is 318. The molecule has 1 aromatic rings. The molecule has 0 aliphatic rings. The average molecular weight is 192 g/mol. The summed E-state index contributed by atoms with van der Waals surface area (Å²) >= 11 is 1.33. The van der Waals surface area contributed by atoms with E-state index in [2.05, 4.69) is 6.58 Å². The minimum atomic E-state index is 0.156. The number of rotatable bonds is 3. The summed E-state index contributed by atoms with van der Waals surface area (Å²) in [7, 11) is 0. The van der Waals surface area contributed by atoms with Crippen LogP contribution in [-0.4, -0.2) is 5.12 Å². The van der Waals surface area contributed by atoms with E-state index in [1.165, 1.54) is 11.8 Å². The summed E-state index contributed by atoms with van der Waals surface area (Å²) in [6.07, 6.45) is 1.81. The Kier molecular flexibility index (Phi) is 3.77. The molecule has 1 rings (SSSR count). The van der Waals surface area contributed by atoms with Crippen LogP contribution in [0.2, 0.25) is 0 Å². The van der Waals surface area contributed by atoms with Crippen molar-refractivity contribution in [3.63, 3.8) is 0 Å². The normalized spacial score (nSPS) is 9.62.